The Bertz CT molecular complexity index is 749. The zero-order valence-corrected chi connectivity index (χ0v) is 12.5. The van der Waals surface area contributed by atoms with E-state index >= 15 is 0 Å². The summed E-state index contributed by atoms with van der Waals surface area (Å²) < 4.78 is 1.89. The Morgan fingerprint density at radius 2 is 2.14 bits per heavy atom. The molecule has 3 aromatic rings. The van der Waals surface area contributed by atoms with E-state index < -0.39 is 0 Å². The molecule has 7 heteroatoms. The summed E-state index contributed by atoms with van der Waals surface area (Å²) in [5, 5.41) is 14.4. The maximum absolute atomic E-state index is 4.73. The van der Waals surface area contributed by atoms with E-state index in [0.29, 0.717) is 12.0 Å². The number of benzene rings is 1. The first-order chi connectivity index (χ1) is 10.3. The molecule has 2 atom stereocenters. The van der Waals surface area contributed by atoms with Crippen LogP contribution < -0.4 is 10.9 Å². The van der Waals surface area contributed by atoms with Crippen molar-refractivity contribution < 1.29 is 0 Å². The highest BCUT2D eigenvalue weighted by molar-refractivity contribution is 7.16. The van der Waals surface area contributed by atoms with Crippen molar-refractivity contribution >= 4 is 16.3 Å². The molecule has 2 unspecified atom stereocenters. The number of aromatic nitrogens is 4. The van der Waals surface area contributed by atoms with Crippen molar-refractivity contribution in [3.8, 4) is 0 Å². The quantitative estimate of drug-likeness (QED) is 0.764. The summed E-state index contributed by atoms with van der Waals surface area (Å²) in [5.41, 5.74) is 7.63. The average Bonchev–Trinajstić information content (AvgIpc) is 3.17. The molecule has 6 nitrogen and oxygen atoms in total. The highest BCUT2D eigenvalue weighted by atomic mass is 32.1. The molecule has 1 fully saturated rings. The molecule has 0 spiro atoms. The van der Waals surface area contributed by atoms with Gasteiger partial charge in [-0.05, 0) is 12.5 Å². The number of nitrogens with one attached hydrogen (secondary N) is 2. The summed E-state index contributed by atoms with van der Waals surface area (Å²) in [4.78, 5) is 0.870. The molecule has 0 radical (unpaired) electrons. The molecule has 3 heterocycles. The van der Waals surface area contributed by atoms with Gasteiger partial charge < -0.3 is 0 Å². The monoisotopic (exact) mass is 300 g/mol. The van der Waals surface area contributed by atoms with Crippen LogP contribution in [0.25, 0.3) is 4.96 Å². The Kier molecular flexibility index (Phi) is 3.17. The first-order valence-corrected chi connectivity index (χ1v) is 7.86. The van der Waals surface area contributed by atoms with E-state index in [9.17, 15) is 0 Å². The van der Waals surface area contributed by atoms with Crippen LogP contribution in [0.15, 0.2) is 30.3 Å². The molecule has 0 aliphatic carbocycles. The van der Waals surface area contributed by atoms with Crippen molar-refractivity contribution in [2.24, 2.45) is 0 Å². The summed E-state index contributed by atoms with van der Waals surface area (Å²) >= 11 is 1.63. The maximum Gasteiger partial charge on any atom is 0.234 e. The van der Waals surface area contributed by atoms with Gasteiger partial charge in [0.05, 0.1) is 0 Å². The Labute approximate surface area is 126 Å². The van der Waals surface area contributed by atoms with E-state index in [0.717, 1.165) is 28.8 Å². The van der Waals surface area contributed by atoms with Crippen LogP contribution in [0.4, 0.5) is 0 Å². The van der Waals surface area contributed by atoms with Gasteiger partial charge in [-0.15, -0.1) is 10.2 Å². The predicted octanol–water partition coefficient (Wildman–Crippen LogP) is 1.36. The standard InChI is InChI=1S/C14H16N6S/c1-9-11(8-15-16-9)13-19-20-12(17-18-14(20)21-13)7-10-5-3-2-4-6-10/h2-6,9,11,15-16H,7-8H2,1H3. The van der Waals surface area contributed by atoms with E-state index in [-0.39, 0.29) is 0 Å². The summed E-state index contributed by atoms with van der Waals surface area (Å²) in [6, 6.07) is 10.7. The van der Waals surface area contributed by atoms with Gasteiger partial charge in [0.2, 0.25) is 4.96 Å². The van der Waals surface area contributed by atoms with Gasteiger partial charge in [0, 0.05) is 24.9 Å². The van der Waals surface area contributed by atoms with Crippen LogP contribution in [0.1, 0.15) is 29.2 Å². The van der Waals surface area contributed by atoms with E-state index in [4.69, 9.17) is 5.10 Å². The third-order valence-corrected chi connectivity index (χ3v) is 4.88. The Morgan fingerprint density at radius 3 is 2.90 bits per heavy atom. The molecule has 1 aliphatic heterocycles. The van der Waals surface area contributed by atoms with Gasteiger partial charge in [0.1, 0.15) is 5.01 Å². The lowest BCUT2D eigenvalue weighted by Crippen LogP contribution is -2.28. The summed E-state index contributed by atoms with van der Waals surface area (Å²) in [6.45, 7) is 3.07. The minimum Gasteiger partial charge on any atom is -0.257 e. The van der Waals surface area contributed by atoms with E-state index in [2.05, 4.69) is 40.1 Å². The SMILES string of the molecule is CC1NNCC1c1nn2c(Cc3ccccc3)nnc2s1. The molecular weight excluding hydrogens is 284 g/mol. The zero-order valence-electron chi connectivity index (χ0n) is 11.7. The summed E-state index contributed by atoms with van der Waals surface area (Å²) in [7, 11) is 0. The molecular formula is C14H16N6S. The summed E-state index contributed by atoms with van der Waals surface area (Å²) in [6.07, 6.45) is 0.752. The lowest BCUT2D eigenvalue weighted by Gasteiger charge is -2.08. The molecule has 1 aliphatic rings. The topological polar surface area (TPSA) is 67.1 Å². The lowest BCUT2D eigenvalue weighted by molar-refractivity contribution is 0.565. The largest absolute Gasteiger partial charge is 0.257 e. The lowest BCUT2D eigenvalue weighted by atomic mass is 10.1. The Balaban J connectivity index is 1.66. The molecule has 4 rings (SSSR count). The van der Waals surface area contributed by atoms with Crippen LogP contribution in [0.3, 0.4) is 0 Å². The van der Waals surface area contributed by atoms with Gasteiger partial charge in [0.25, 0.3) is 0 Å². The molecule has 2 N–H and O–H groups in total. The minimum absolute atomic E-state index is 0.381. The van der Waals surface area contributed by atoms with Gasteiger partial charge in [0.15, 0.2) is 5.82 Å². The maximum atomic E-state index is 4.73. The second kappa shape index (κ2) is 5.18. The second-order valence-electron chi connectivity index (χ2n) is 5.33. The normalized spacial score (nSPS) is 22.1. The molecule has 0 bridgehead atoms. The molecule has 0 saturated carbocycles. The van der Waals surface area contributed by atoms with Crippen LogP contribution >= 0.6 is 11.3 Å². The minimum atomic E-state index is 0.381. The number of fused-ring (bicyclic) bond motifs is 1. The zero-order chi connectivity index (χ0) is 14.2. The van der Waals surface area contributed by atoms with Crippen molar-refractivity contribution in [2.45, 2.75) is 25.3 Å². The second-order valence-corrected chi connectivity index (χ2v) is 6.32. The van der Waals surface area contributed by atoms with Gasteiger partial charge in [-0.1, -0.05) is 41.7 Å². The highest BCUT2D eigenvalue weighted by Gasteiger charge is 2.28. The summed E-state index contributed by atoms with van der Waals surface area (Å²) in [5.74, 6) is 1.28. The van der Waals surface area contributed by atoms with Crippen LogP contribution in [0.2, 0.25) is 0 Å². The Morgan fingerprint density at radius 1 is 1.29 bits per heavy atom. The molecule has 21 heavy (non-hydrogen) atoms. The van der Waals surface area contributed by atoms with Crippen molar-refractivity contribution in [1.29, 1.82) is 0 Å². The fourth-order valence-electron chi connectivity index (χ4n) is 2.62. The average molecular weight is 300 g/mol. The van der Waals surface area contributed by atoms with Crippen molar-refractivity contribution in [3.05, 3.63) is 46.7 Å². The predicted molar refractivity (Wildman–Crippen MR) is 81.2 cm³/mol. The first-order valence-electron chi connectivity index (χ1n) is 7.04. The van der Waals surface area contributed by atoms with Crippen molar-refractivity contribution in [2.75, 3.05) is 6.54 Å². The van der Waals surface area contributed by atoms with Crippen molar-refractivity contribution in [1.82, 2.24) is 30.7 Å². The highest BCUT2D eigenvalue weighted by Crippen LogP contribution is 2.26. The van der Waals surface area contributed by atoms with Crippen molar-refractivity contribution in [3.63, 3.8) is 0 Å². The first kappa shape index (κ1) is 12.9. The fourth-order valence-corrected chi connectivity index (χ4v) is 3.68. The number of hydrogen-bond acceptors (Lipinski definition) is 6. The molecule has 1 aromatic carbocycles. The molecule has 1 saturated heterocycles. The van der Waals surface area contributed by atoms with Gasteiger partial charge in [-0.2, -0.15) is 9.61 Å². The molecule has 108 valence electrons. The number of hydrogen-bond donors (Lipinski definition) is 2. The Hall–Kier alpha value is -1.83. The molecule has 2 aromatic heterocycles. The van der Waals surface area contributed by atoms with Crippen LogP contribution in [-0.2, 0) is 6.42 Å². The van der Waals surface area contributed by atoms with E-state index in [1.54, 1.807) is 11.3 Å². The molecule has 0 amide bonds. The smallest absolute Gasteiger partial charge is 0.234 e. The van der Waals surface area contributed by atoms with E-state index in [1.807, 2.05) is 22.7 Å². The van der Waals surface area contributed by atoms with Gasteiger partial charge in [-0.3, -0.25) is 10.9 Å². The van der Waals surface area contributed by atoms with Gasteiger partial charge in [-0.25, -0.2) is 0 Å². The fraction of sp³-hybridized carbons (Fsp3) is 0.357. The van der Waals surface area contributed by atoms with Crippen LogP contribution in [0.5, 0.6) is 0 Å². The number of nitrogens with zero attached hydrogens (tertiary/aromatic N) is 4. The van der Waals surface area contributed by atoms with Gasteiger partial charge >= 0.3 is 0 Å². The third kappa shape index (κ3) is 2.33. The van der Waals surface area contributed by atoms with Crippen LogP contribution in [-0.4, -0.2) is 32.4 Å². The van der Waals surface area contributed by atoms with Crippen LogP contribution in [0, 0.1) is 0 Å². The third-order valence-electron chi connectivity index (χ3n) is 3.85. The number of rotatable bonds is 3. The number of hydrazine groups is 1. The van der Waals surface area contributed by atoms with E-state index in [1.165, 1.54) is 5.56 Å².